The van der Waals surface area contributed by atoms with Crippen LogP contribution in [0.5, 0.6) is 5.75 Å². The highest BCUT2D eigenvalue weighted by Crippen LogP contribution is 2.63. The molecule has 3 aliphatic rings. The normalized spacial score (nSPS) is 42.2. The highest BCUT2D eigenvalue weighted by Gasteiger charge is 2.58. The van der Waals surface area contributed by atoms with Gasteiger partial charge in [-0.3, -0.25) is 0 Å². The second-order valence-electron chi connectivity index (χ2n) is 8.92. The highest BCUT2D eigenvalue weighted by atomic mass is 16.3. The number of aliphatic hydroxyl groups is 1. The van der Waals surface area contributed by atoms with Crippen molar-refractivity contribution >= 4 is 0 Å². The van der Waals surface area contributed by atoms with Crippen LogP contribution in [0.1, 0.15) is 63.5 Å². The van der Waals surface area contributed by atoms with Gasteiger partial charge in [-0.2, -0.15) is 0 Å². The number of benzene rings is 1. The van der Waals surface area contributed by atoms with Gasteiger partial charge in [-0.1, -0.05) is 26.8 Å². The third-order valence-corrected chi connectivity index (χ3v) is 7.58. The van der Waals surface area contributed by atoms with E-state index in [1.807, 2.05) is 12.1 Å². The largest absolute Gasteiger partial charge is 0.508 e. The minimum Gasteiger partial charge on any atom is -0.508 e. The maximum absolute atomic E-state index is 10.8. The Morgan fingerprint density at radius 1 is 1.22 bits per heavy atom. The summed E-state index contributed by atoms with van der Waals surface area (Å²) in [6, 6.07) is 6.00. The molecule has 126 valence electrons. The average Bonchev–Trinajstić information content (AvgIpc) is 2.79. The molecule has 0 aromatic heterocycles. The SMILES string of the molecule is CC(C)[C@@H]1C[C@H](O)[C@@]2(C)CC[C@@H]3c4ccc(O)cc4CC[C@H]3[C@H]12. The molecule has 0 saturated heterocycles. The summed E-state index contributed by atoms with van der Waals surface area (Å²) < 4.78 is 0. The fourth-order valence-electron chi connectivity index (χ4n) is 6.40. The summed E-state index contributed by atoms with van der Waals surface area (Å²) >= 11 is 0. The summed E-state index contributed by atoms with van der Waals surface area (Å²) in [5.41, 5.74) is 2.95. The van der Waals surface area contributed by atoms with Gasteiger partial charge in [0.1, 0.15) is 5.75 Å². The molecular formula is C21H30O2. The van der Waals surface area contributed by atoms with Crippen LogP contribution in [-0.2, 0) is 6.42 Å². The highest BCUT2D eigenvalue weighted by molar-refractivity contribution is 5.40. The van der Waals surface area contributed by atoms with Crippen LogP contribution in [0.25, 0.3) is 0 Å². The van der Waals surface area contributed by atoms with Gasteiger partial charge in [0.05, 0.1) is 6.10 Å². The van der Waals surface area contributed by atoms with Gasteiger partial charge >= 0.3 is 0 Å². The minimum absolute atomic E-state index is 0.116. The van der Waals surface area contributed by atoms with Gasteiger partial charge in [0.15, 0.2) is 0 Å². The van der Waals surface area contributed by atoms with Crippen LogP contribution in [0.2, 0.25) is 0 Å². The average molecular weight is 314 g/mol. The summed E-state index contributed by atoms with van der Waals surface area (Å²) in [5.74, 6) is 3.69. The topological polar surface area (TPSA) is 40.5 Å². The molecule has 6 atom stereocenters. The van der Waals surface area contributed by atoms with E-state index < -0.39 is 0 Å². The molecule has 2 fully saturated rings. The zero-order chi connectivity index (χ0) is 16.4. The van der Waals surface area contributed by atoms with Crippen molar-refractivity contribution in [3.63, 3.8) is 0 Å². The Kier molecular flexibility index (Phi) is 3.53. The molecule has 1 aromatic rings. The zero-order valence-electron chi connectivity index (χ0n) is 14.6. The first-order chi connectivity index (χ1) is 10.9. The number of phenols is 1. The molecule has 2 saturated carbocycles. The van der Waals surface area contributed by atoms with E-state index in [0.29, 0.717) is 35.3 Å². The molecule has 0 bridgehead atoms. The number of aliphatic hydroxyl groups excluding tert-OH is 1. The summed E-state index contributed by atoms with van der Waals surface area (Å²) in [7, 11) is 0. The molecule has 0 unspecified atom stereocenters. The van der Waals surface area contributed by atoms with Crippen molar-refractivity contribution in [2.24, 2.45) is 29.1 Å². The Morgan fingerprint density at radius 3 is 2.74 bits per heavy atom. The maximum atomic E-state index is 10.8. The molecule has 0 heterocycles. The van der Waals surface area contributed by atoms with E-state index in [1.54, 1.807) is 0 Å². The lowest BCUT2D eigenvalue weighted by atomic mass is 9.53. The van der Waals surface area contributed by atoms with Crippen molar-refractivity contribution < 1.29 is 10.2 Å². The lowest BCUT2D eigenvalue weighted by molar-refractivity contribution is -0.0333. The molecule has 1 aromatic carbocycles. The van der Waals surface area contributed by atoms with Crippen molar-refractivity contribution in [2.45, 2.75) is 64.9 Å². The Labute approximate surface area is 139 Å². The molecule has 0 aliphatic heterocycles. The van der Waals surface area contributed by atoms with Crippen molar-refractivity contribution in [1.29, 1.82) is 0 Å². The van der Waals surface area contributed by atoms with Gasteiger partial charge < -0.3 is 10.2 Å². The monoisotopic (exact) mass is 314 g/mol. The van der Waals surface area contributed by atoms with Crippen LogP contribution >= 0.6 is 0 Å². The van der Waals surface area contributed by atoms with E-state index >= 15 is 0 Å². The van der Waals surface area contributed by atoms with E-state index in [0.717, 1.165) is 19.3 Å². The summed E-state index contributed by atoms with van der Waals surface area (Å²) in [4.78, 5) is 0. The van der Waals surface area contributed by atoms with Gasteiger partial charge in [-0.15, -0.1) is 0 Å². The van der Waals surface area contributed by atoms with E-state index in [4.69, 9.17) is 0 Å². The molecule has 0 radical (unpaired) electrons. The second-order valence-corrected chi connectivity index (χ2v) is 8.92. The zero-order valence-corrected chi connectivity index (χ0v) is 14.6. The number of aryl methyl sites for hydroxylation is 1. The molecule has 4 rings (SSSR count). The standard InChI is InChI=1S/C21H30O2/c1-12(2)18-11-19(23)21(3)9-8-16-15-7-5-14(22)10-13(15)4-6-17(16)20(18)21/h5,7,10,12,16-20,22-23H,4,6,8-9,11H2,1-3H3/t16-,17-,18+,19+,20-,21-/m1/s1. The Balaban J connectivity index is 1.73. The first kappa shape index (κ1) is 15.5. The lowest BCUT2D eigenvalue weighted by Crippen LogP contribution is -2.45. The Hall–Kier alpha value is -1.02. The smallest absolute Gasteiger partial charge is 0.115 e. The molecule has 0 amide bonds. The molecular weight excluding hydrogens is 284 g/mol. The minimum atomic E-state index is -0.123. The first-order valence-electron chi connectivity index (χ1n) is 9.41. The molecule has 0 spiro atoms. The molecule has 23 heavy (non-hydrogen) atoms. The lowest BCUT2D eigenvalue weighted by Gasteiger charge is -2.52. The summed E-state index contributed by atoms with van der Waals surface area (Å²) in [6.07, 6.45) is 5.50. The van der Waals surface area contributed by atoms with Crippen LogP contribution in [0.4, 0.5) is 0 Å². The van der Waals surface area contributed by atoms with E-state index in [-0.39, 0.29) is 11.5 Å². The fraction of sp³-hybridized carbons (Fsp3) is 0.714. The quantitative estimate of drug-likeness (QED) is 0.801. The maximum Gasteiger partial charge on any atom is 0.115 e. The van der Waals surface area contributed by atoms with Crippen LogP contribution < -0.4 is 0 Å². The van der Waals surface area contributed by atoms with E-state index in [1.165, 1.54) is 24.0 Å². The summed E-state index contributed by atoms with van der Waals surface area (Å²) in [6.45, 7) is 7.02. The number of phenolic OH excluding ortho intramolecular Hbond substituents is 1. The van der Waals surface area contributed by atoms with Crippen LogP contribution in [0.3, 0.4) is 0 Å². The van der Waals surface area contributed by atoms with Crippen LogP contribution in [-0.4, -0.2) is 16.3 Å². The van der Waals surface area contributed by atoms with Gasteiger partial charge in [-0.25, -0.2) is 0 Å². The molecule has 3 aliphatic carbocycles. The molecule has 2 nitrogen and oxygen atoms in total. The number of hydrogen-bond acceptors (Lipinski definition) is 2. The molecule has 2 heteroatoms. The van der Waals surface area contributed by atoms with Gasteiger partial charge in [-0.05, 0) is 90.4 Å². The van der Waals surface area contributed by atoms with Crippen molar-refractivity contribution in [1.82, 2.24) is 0 Å². The third kappa shape index (κ3) is 2.17. The second kappa shape index (κ2) is 5.24. The van der Waals surface area contributed by atoms with E-state index in [2.05, 4.69) is 26.8 Å². The van der Waals surface area contributed by atoms with Crippen molar-refractivity contribution in [3.8, 4) is 5.75 Å². The predicted molar refractivity (Wildman–Crippen MR) is 92.4 cm³/mol. The molecule has 2 N–H and O–H groups in total. The van der Waals surface area contributed by atoms with Crippen molar-refractivity contribution in [2.75, 3.05) is 0 Å². The number of fused-ring (bicyclic) bond motifs is 5. The summed E-state index contributed by atoms with van der Waals surface area (Å²) in [5, 5.41) is 20.6. The number of hydrogen-bond donors (Lipinski definition) is 2. The van der Waals surface area contributed by atoms with Gasteiger partial charge in [0.25, 0.3) is 0 Å². The van der Waals surface area contributed by atoms with Crippen LogP contribution in [0, 0.1) is 29.1 Å². The number of aromatic hydroxyl groups is 1. The predicted octanol–water partition coefficient (Wildman–Crippen LogP) is 4.49. The van der Waals surface area contributed by atoms with Crippen LogP contribution in [0.15, 0.2) is 18.2 Å². The first-order valence-corrected chi connectivity index (χ1v) is 9.41. The van der Waals surface area contributed by atoms with E-state index in [9.17, 15) is 10.2 Å². The van der Waals surface area contributed by atoms with Gasteiger partial charge in [0.2, 0.25) is 0 Å². The Bertz CT molecular complexity index is 608. The van der Waals surface area contributed by atoms with Crippen molar-refractivity contribution in [3.05, 3.63) is 29.3 Å². The fourth-order valence-corrected chi connectivity index (χ4v) is 6.40. The third-order valence-electron chi connectivity index (χ3n) is 7.58. The Morgan fingerprint density at radius 2 is 2.00 bits per heavy atom. The van der Waals surface area contributed by atoms with Gasteiger partial charge in [0, 0.05) is 0 Å². The number of rotatable bonds is 1.